The van der Waals surface area contributed by atoms with Crippen molar-refractivity contribution in [2.45, 2.75) is 25.6 Å². The highest BCUT2D eigenvalue weighted by Gasteiger charge is 2.12. The van der Waals surface area contributed by atoms with Crippen LogP contribution in [-0.2, 0) is 10.5 Å². The zero-order valence-electron chi connectivity index (χ0n) is 12.7. The van der Waals surface area contributed by atoms with Crippen LogP contribution in [0.25, 0.3) is 0 Å². The van der Waals surface area contributed by atoms with Gasteiger partial charge in [0.2, 0.25) is 5.91 Å². The van der Waals surface area contributed by atoms with E-state index >= 15 is 0 Å². The number of rotatable bonds is 6. The lowest BCUT2D eigenvalue weighted by molar-refractivity contribution is -0.119. The van der Waals surface area contributed by atoms with Crippen molar-refractivity contribution in [3.63, 3.8) is 0 Å². The fourth-order valence-corrected chi connectivity index (χ4v) is 3.30. The third-order valence-corrected chi connectivity index (χ3v) is 4.64. The van der Waals surface area contributed by atoms with Gasteiger partial charge in [0.25, 0.3) is 0 Å². The lowest BCUT2D eigenvalue weighted by atomic mass is 10.1. The summed E-state index contributed by atoms with van der Waals surface area (Å²) in [6, 6.07) is 11.5. The molecule has 1 heterocycles. The zero-order valence-corrected chi connectivity index (χ0v) is 14.2. The van der Waals surface area contributed by atoms with E-state index in [4.69, 9.17) is 11.6 Å². The van der Waals surface area contributed by atoms with Crippen molar-refractivity contribution in [2.75, 3.05) is 5.75 Å². The highest BCUT2D eigenvalue weighted by atomic mass is 35.5. The van der Waals surface area contributed by atoms with Gasteiger partial charge in [0.05, 0.1) is 17.5 Å². The minimum absolute atomic E-state index is 0.00890. The van der Waals surface area contributed by atoms with Crippen molar-refractivity contribution in [1.29, 1.82) is 0 Å². The number of aryl methyl sites for hydroxylation is 1. The van der Waals surface area contributed by atoms with Gasteiger partial charge in [0.1, 0.15) is 0 Å². The molecule has 1 N–H and O–H groups in total. The van der Waals surface area contributed by atoms with Crippen LogP contribution in [-0.4, -0.2) is 16.6 Å². The first-order valence-corrected chi connectivity index (χ1v) is 8.63. The monoisotopic (exact) mass is 334 g/mol. The summed E-state index contributed by atoms with van der Waals surface area (Å²) in [4.78, 5) is 16.4. The number of benzene rings is 1. The molecule has 0 spiro atoms. The summed E-state index contributed by atoms with van der Waals surface area (Å²) in [5, 5.41) is 3.73. The van der Waals surface area contributed by atoms with Crippen LogP contribution in [0, 0.1) is 6.92 Å². The Balaban J connectivity index is 1.81. The number of aromatic nitrogens is 1. The lowest BCUT2D eigenvalue weighted by Gasteiger charge is -2.15. The Kier molecular flexibility index (Phi) is 6.28. The molecule has 1 amide bonds. The second-order valence-corrected chi connectivity index (χ2v) is 6.47. The molecule has 0 aliphatic heterocycles. The number of amides is 1. The lowest BCUT2D eigenvalue weighted by Crippen LogP contribution is -2.29. The number of halogens is 1. The quantitative estimate of drug-likeness (QED) is 0.862. The number of carbonyl (C=O) groups excluding carboxylic acids is 1. The maximum atomic E-state index is 12.0. The van der Waals surface area contributed by atoms with Crippen molar-refractivity contribution in [3.8, 4) is 0 Å². The van der Waals surface area contributed by atoms with Gasteiger partial charge in [-0.1, -0.05) is 35.9 Å². The Morgan fingerprint density at radius 2 is 2.09 bits per heavy atom. The van der Waals surface area contributed by atoms with Gasteiger partial charge < -0.3 is 5.32 Å². The van der Waals surface area contributed by atoms with Crippen LogP contribution in [0.15, 0.2) is 42.6 Å². The Morgan fingerprint density at radius 1 is 1.32 bits per heavy atom. The van der Waals surface area contributed by atoms with Gasteiger partial charge >= 0.3 is 0 Å². The largest absolute Gasteiger partial charge is 0.347 e. The second kappa shape index (κ2) is 8.20. The fraction of sp³-hybridized carbons (Fsp3) is 0.294. The summed E-state index contributed by atoms with van der Waals surface area (Å²) in [5.74, 6) is 1.14. The molecule has 0 radical (unpaired) electrons. The topological polar surface area (TPSA) is 42.0 Å². The van der Waals surface area contributed by atoms with Gasteiger partial charge in [-0.05, 0) is 37.1 Å². The van der Waals surface area contributed by atoms with Crippen LogP contribution in [0.4, 0.5) is 0 Å². The molecule has 0 aliphatic carbocycles. The smallest absolute Gasteiger partial charge is 0.230 e. The molecule has 0 aliphatic rings. The summed E-state index contributed by atoms with van der Waals surface area (Å²) in [6.45, 7) is 3.95. The molecule has 116 valence electrons. The standard InChI is InChI=1S/C17H19ClN2OS/c1-12-6-5-9-19-17(12)13(2)20-16(21)11-22-10-14-7-3-4-8-15(14)18/h3-9,13H,10-11H2,1-2H3,(H,20,21)/t13-/m1/s1. The first-order chi connectivity index (χ1) is 10.6. The number of nitrogens with zero attached hydrogens (tertiary/aromatic N) is 1. The number of hydrogen-bond acceptors (Lipinski definition) is 3. The molecule has 5 heteroatoms. The third-order valence-electron chi connectivity index (χ3n) is 3.29. The summed E-state index contributed by atoms with van der Waals surface area (Å²) in [6.07, 6.45) is 1.75. The first-order valence-electron chi connectivity index (χ1n) is 7.10. The highest BCUT2D eigenvalue weighted by molar-refractivity contribution is 7.99. The van der Waals surface area contributed by atoms with E-state index in [2.05, 4.69) is 10.3 Å². The van der Waals surface area contributed by atoms with E-state index in [-0.39, 0.29) is 11.9 Å². The van der Waals surface area contributed by atoms with Crippen molar-refractivity contribution in [3.05, 3.63) is 64.4 Å². The van der Waals surface area contributed by atoms with Crippen LogP contribution in [0.3, 0.4) is 0 Å². The molecule has 0 unspecified atom stereocenters. The summed E-state index contributed by atoms with van der Waals surface area (Å²) < 4.78 is 0. The van der Waals surface area contributed by atoms with Gasteiger partial charge in [0, 0.05) is 17.0 Å². The fourth-order valence-electron chi connectivity index (χ4n) is 2.17. The second-order valence-electron chi connectivity index (χ2n) is 5.08. The van der Waals surface area contributed by atoms with Gasteiger partial charge in [-0.15, -0.1) is 11.8 Å². The van der Waals surface area contributed by atoms with Crippen molar-refractivity contribution < 1.29 is 4.79 Å². The number of hydrogen-bond donors (Lipinski definition) is 1. The predicted octanol–water partition coefficient (Wildman–Crippen LogP) is 4.15. The van der Waals surface area contributed by atoms with E-state index in [1.54, 1.807) is 18.0 Å². The van der Waals surface area contributed by atoms with Crippen molar-refractivity contribution in [2.24, 2.45) is 0 Å². The number of thioether (sulfide) groups is 1. The molecule has 0 bridgehead atoms. The summed E-state index contributed by atoms with van der Waals surface area (Å²) in [5.41, 5.74) is 3.04. The van der Waals surface area contributed by atoms with E-state index in [0.29, 0.717) is 5.75 Å². The first kappa shape index (κ1) is 16.8. The molecular formula is C17H19ClN2OS. The van der Waals surface area contributed by atoms with E-state index < -0.39 is 0 Å². The maximum absolute atomic E-state index is 12.0. The van der Waals surface area contributed by atoms with Crippen molar-refractivity contribution >= 4 is 29.3 Å². The van der Waals surface area contributed by atoms with Gasteiger partial charge in [-0.25, -0.2) is 0 Å². The van der Waals surface area contributed by atoms with Crippen LogP contribution in [0.2, 0.25) is 5.02 Å². The van der Waals surface area contributed by atoms with Gasteiger partial charge in [0.15, 0.2) is 0 Å². The molecule has 2 rings (SSSR count). The molecule has 0 saturated heterocycles. The molecule has 1 aromatic heterocycles. The van der Waals surface area contributed by atoms with Gasteiger partial charge in [-0.3, -0.25) is 9.78 Å². The summed E-state index contributed by atoms with van der Waals surface area (Å²) >= 11 is 7.65. The molecular weight excluding hydrogens is 316 g/mol. The van der Waals surface area contributed by atoms with Crippen LogP contribution < -0.4 is 5.32 Å². The summed E-state index contributed by atoms with van der Waals surface area (Å²) in [7, 11) is 0. The molecule has 22 heavy (non-hydrogen) atoms. The number of nitrogens with one attached hydrogen (secondary N) is 1. The van der Waals surface area contributed by atoms with E-state index in [1.165, 1.54) is 0 Å². The van der Waals surface area contributed by atoms with Crippen molar-refractivity contribution in [1.82, 2.24) is 10.3 Å². The average Bonchev–Trinajstić information content (AvgIpc) is 2.49. The SMILES string of the molecule is Cc1cccnc1[C@@H](C)NC(=O)CSCc1ccccc1Cl. The Morgan fingerprint density at radius 3 is 2.82 bits per heavy atom. The van der Waals surface area contributed by atoms with Crippen LogP contribution >= 0.6 is 23.4 Å². The molecule has 1 atom stereocenters. The Hall–Kier alpha value is -1.52. The minimum Gasteiger partial charge on any atom is -0.347 e. The van der Waals surface area contributed by atoms with E-state index in [0.717, 1.165) is 27.6 Å². The molecule has 1 aromatic carbocycles. The average molecular weight is 335 g/mol. The molecule has 0 fully saturated rings. The van der Waals surface area contributed by atoms with E-state index in [9.17, 15) is 4.79 Å². The predicted molar refractivity (Wildman–Crippen MR) is 93.1 cm³/mol. The molecule has 2 aromatic rings. The van der Waals surface area contributed by atoms with Crippen LogP contribution in [0.5, 0.6) is 0 Å². The van der Waals surface area contributed by atoms with Crippen LogP contribution in [0.1, 0.15) is 29.8 Å². The van der Waals surface area contributed by atoms with E-state index in [1.807, 2.05) is 50.2 Å². The normalized spacial score (nSPS) is 12.0. The van der Waals surface area contributed by atoms with Gasteiger partial charge in [-0.2, -0.15) is 0 Å². The Bertz CT molecular complexity index is 648. The number of pyridine rings is 1. The number of carbonyl (C=O) groups is 1. The molecule has 3 nitrogen and oxygen atoms in total. The minimum atomic E-state index is -0.0883. The third kappa shape index (κ3) is 4.75. The maximum Gasteiger partial charge on any atom is 0.230 e. The highest BCUT2D eigenvalue weighted by Crippen LogP contribution is 2.21. The zero-order chi connectivity index (χ0) is 15.9. The Labute approximate surface area is 140 Å². The molecule has 0 saturated carbocycles.